The zero-order valence-corrected chi connectivity index (χ0v) is 16.6. The second-order valence-electron chi connectivity index (χ2n) is 5.93. The lowest BCUT2D eigenvalue weighted by Crippen LogP contribution is -2.30. The van der Waals surface area contributed by atoms with Gasteiger partial charge in [0.2, 0.25) is 10.0 Å². The van der Waals surface area contributed by atoms with Gasteiger partial charge in [0.25, 0.3) is 0 Å². The average molecular weight is 408 g/mol. The number of fused-ring (bicyclic) bond motifs is 1. The minimum Gasteiger partial charge on any atom is -0.496 e. The molecule has 3 rings (SSSR count). The molecule has 0 N–H and O–H groups in total. The second-order valence-corrected chi connectivity index (χ2v) is 7.87. The molecule has 0 spiro atoms. The van der Waals surface area contributed by atoms with E-state index < -0.39 is 15.8 Å². The molecule has 0 aliphatic heterocycles. The molecule has 0 bridgehead atoms. The van der Waals surface area contributed by atoms with Crippen molar-refractivity contribution in [3.8, 4) is 5.75 Å². The van der Waals surface area contributed by atoms with Crippen molar-refractivity contribution in [2.24, 2.45) is 0 Å². The molecule has 0 fully saturated rings. The zero-order chi connectivity index (χ0) is 20.3. The molecule has 0 saturated heterocycles. The molecule has 0 saturated carbocycles. The third-order valence-electron chi connectivity index (χ3n) is 4.31. The van der Waals surface area contributed by atoms with Crippen LogP contribution in [-0.4, -0.2) is 48.1 Å². The molecule has 0 atom stereocenters. The van der Waals surface area contributed by atoms with Crippen molar-refractivity contribution in [2.45, 2.75) is 25.3 Å². The lowest BCUT2D eigenvalue weighted by atomic mass is 10.2. The maximum absolute atomic E-state index is 13.5. The van der Waals surface area contributed by atoms with Crippen molar-refractivity contribution in [2.75, 3.05) is 20.2 Å². The van der Waals surface area contributed by atoms with Gasteiger partial charge in [-0.2, -0.15) is 4.31 Å². The summed E-state index contributed by atoms with van der Waals surface area (Å²) in [4.78, 5) is 6.86. The molecule has 1 aromatic heterocycles. The fourth-order valence-corrected chi connectivity index (χ4v) is 4.32. The Kier molecular flexibility index (Phi) is 5.80. The Balaban J connectivity index is 1.92. The Morgan fingerprint density at radius 2 is 1.89 bits per heavy atom. The molecule has 10 heteroatoms. The first-order chi connectivity index (χ1) is 13.4. The van der Waals surface area contributed by atoms with Crippen molar-refractivity contribution in [1.82, 2.24) is 19.5 Å². The predicted molar refractivity (Wildman–Crippen MR) is 101 cm³/mol. The summed E-state index contributed by atoms with van der Waals surface area (Å²) < 4.78 is 45.6. The molecule has 2 aromatic carbocycles. The summed E-state index contributed by atoms with van der Waals surface area (Å²) in [5.41, 5.74) is 1.35. The van der Waals surface area contributed by atoms with Gasteiger partial charge in [0, 0.05) is 18.7 Å². The highest BCUT2D eigenvalue weighted by atomic mass is 32.2. The summed E-state index contributed by atoms with van der Waals surface area (Å²) in [5, 5.41) is 7.87. The van der Waals surface area contributed by atoms with Gasteiger partial charge in [0.1, 0.15) is 29.2 Å². The van der Waals surface area contributed by atoms with E-state index >= 15 is 0 Å². The highest BCUT2D eigenvalue weighted by Gasteiger charge is 2.23. The third-order valence-corrected chi connectivity index (χ3v) is 6.36. The quantitative estimate of drug-likeness (QED) is 0.568. The molecule has 8 nitrogen and oxygen atoms in total. The van der Waals surface area contributed by atoms with Gasteiger partial charge in [-0.05, 0) is 41.6 Å². The van der Waals surface area contributed by atoms with Crippen molar-refractivity contribution in [1.29, 1.82) is 0 Å². The summed E-state index contributed by atoms with van der Waals surface area (Å²) in [6.07, 6.45) is 0. The van der Waals surface area contributed by atoms with E-state index in [-0.39, 0.29) is 11.5 Å². The molecular formula is C18H21FN4O4S. The fraction of sp³-hybridized carbons (Fsp3) is 0.333. The first-order valence-corrected chi connectivity index (χ1v) is 10.2. The normalized spacial score (nSPS) is 11.9. The maximum Gasteiger partial charge on any atom is 0.243 e. The second kappa shape index (κ2) is 8.11. The van der Waals surface area contributed by atoms with E-state index in [1.54, 1.807) is 19.9 Å². The van der Waals surface area contributed by atoms with Gasteiger partial charge in [-0.3, -0.25) is 0 Å². The van der Waals surface area contributed by atoms with E-state index in [0.717, 1.165) is 4.85 Å². The first kappa shape index (κ1) is 20.0. The van der Waals surface area contributed by atoms with E-state index in [4.69, 9.17) is 9.57 Å². The van der Waals surface area contributed by atoms with Gasteiger partial charge in [-0.1, -0.05) is 18.7 Å². The number of hydrogen-bond donors (Lipinski definition) is 0. The standard InChI is InChI=1S/C18H21FN4O4S/c1-4-22(5-2)28(24,25)15-7-8-16-17(11-15)23(21-20-16)27-12-13-10-14(19)6-9-18(13)26-3/h6-11H,4-5,12H2,1-3H3. The van der Waals surface area contributed by atoms with Gasteiger partial charge < -0.3 is 9.57 Å². The van der Waals surface area contributed by atoms with E-state index in [1.807, 2.05) is 0 Å². The van der Waals surface area contributed by atoms with Crippen molar-refractivity contribution in [3.05, 3.63) is 47.8 Å². The Hall–Kier alpha value is -2.72. The number of halogens is 1. The molecule has 0 aliphatic carbocycles. The molecule has 28 heavy (non-hydrogen) atoms. The number of benzene rings is 2. The summed E-state index contributed by atoms with van der Waals surface area (Å²) >= 11 is 0. The number of aromatic nitrogens is 3. The lowest BCUT2D eigenvalue weighted by Gasteiger charge is -2.18. The molecule has 0 radical (unpaired) electrons. The van der Waals surface area contributed by atoms with Gasteiger partial charge in [-0.15, -0.1) is 5.10 Å². The SMILES string of the molecule is CCN(CC)S(=O)(=O)c1ccc2nnn(OCc3cc(F)ccc3OC)c2c1. The Morgan fingerprint density at radius 3 is 2.57 bits per heavy atom. The Bertz CT molecular complexity index is 1080. The van der Waals surface area contributed by atoms with E-state index in [1.165, 1.54) is 41.7 Å². The first-order valence-electron chi connectivity index (χ1n) is 8.72. The monoisotopic (exact) mass is 408 g/mol. The van der Waals surface area contributed by atoms with Crippen LogP contribution in [-0.2, 0) is 16.6 Å². The molecule has 0 amide bonds. The molecule has 0 unspecified atom stereocenters. The summed E-state index contributed by atoms with van der Waals surface area (Å²) in [6.45, 7) is 4.25. The van der Waals surface area contributed by atoms with Crippen LogP contribution in [0, 0.1) is 5.82 Å². The van der Waals surface area contributed by atoms with Crippen LogP contribution in [0.5, 0.6) is 5.75 Å². The van der Waals surface area contributed by atoms with Gasteiger partial charge in [0.05, 0.1) is 12.0 Å². The van der Waals surface area contributed by atoms with Crippen molar-refractivity contribution >= 4 is 21.1 Å². The van der Waals surface area contributed by atoms with Gasteiger partial charge in [-0.25, -0.2) is 12.8 Å². The molecule has 1 heterocycles. The topological polar surface area (TPSA) is 86.6 Å². The summed E-state index contributed by atoms with van der Waals surface area (Å²) in [6, 6.07) is 8.62. The van der Waals surface area contributed by atoms with Crippen LogP contribution in [0.1, 0.15) is 19.4 Å². The number of ether oxygens (including phenoxy) is 1. The third kappa shape index (κ3) is 3.78. The van der Waals surface area contributed by atoms with Crippen molar-refractivity contribution in [3.63, 3.8) is 0 Å². The van der Waals surface area contributed by atoms with Crippen LogP contribution in [0.3, 0.4) is 0 Å². The summed E-state index contributed by atoms with van der Waals surface area (Å²) in [7, 11) is -2.15. The molecule has 150 valence electrons. The van der Waals surface area contributed by atoms with Crippen molar-refractivity contribution < 1.29 is 22.4 Å². The van der Waals surface area contributed by atoms with E-state index in [0.29, 0.717) is 35.4 Å². The molecular weight excluding hydrogens is 387 g/mol. The number of methoxy groups -OCH3 is 1. The van der Waals surface area contributed by atoms with Gasteiger partial charge in [0.15, 0.2) is 0 Å². The number of rotatable bonds is 8. The highest BCUT2D eigenvalue weighted by Crippen LogP contribution is 2.22. The molecule has 0 aliphatic rings. The average Bonchev–Trinajstić information content (AvgIpc) is 3.09. The zero-order valence-electron chi connectivity index (χ0n) is 15.8. The smallest absolute Gasteiger partial charge is 0.243 e. The highest BCUT2D eigenvalue weighted by molar-refractivity contribution is 7.89. The number of hydrogen-bond acceptors (Lipinski definition) is 6. The lowest BCUT2D eigenvalue weighted by molar-refractivity contribution is 0.0737. The van der Waals surface area contributed by atoms with Crippen LogP contribution in [0.2, 0.25) is 0 Å². The minimum atomic E-state index is -3.63. The van der Waals surface area contributed by atoms with E-state index in [2.05, 4.69) is 10.3 Å². The number of sulfonamides is 1. The Morgan fingerprint density at radius 1 is 1.14 bits per heavy atom. The molecule has 3 aromatic rings. The van der Waals surface area contributed by atoms with Gasteiger partial charge >= 0.3 is 0 Å². The van der Waals surface area contributed by atoms with Crippen LogP contribution >= 0.6 is 0 Å². The maximum atomic E-state index is 13.5. The van der Waals surface area contributed by atoms with E-state index in [9.17, 15) is 12.8 Å². The predicted octanol–water partition coefficient (Wildman–Crippen LogP) is 2.24. The van der Waals surface area contributed by atoms with Crippen LogP contribution in [0.25, 0.3) is 11.0 Å². The number of nitrogens with zero attached hydrogens (tertiary/aromatic N) is 4. The largest absolute Gasteiger partial charge is 0.496 e. The van der Waals surface area contributed by atoms with Crippen LogP contribution in [0.4, 0.5) is 4.39 Å². The van der Waals surface area contributed by atoms with Crippen LogP contribution in [0.15, 0.2) is 41.3 Å². The minimum absolute atomic E-state index is 0.0353. The Labute approximate surface area is 162 Å². The fourth-order valence-electron chi connectivity index (χ4n) is 2.84. The summed E-state index contributed by atoms with van der Waals surface area (Å²) in [5.74, 6) is 0.0473. The van der Waals surface area contributed by atoms with Crippen LogP contribution < -0.4 is 9.57 Å².